The number of rotatable bonds is 7. The van der Waals surface area contributed by atoms with E-state index in [-0.39, 0.29) is 0 Å². The van der Waals surface area contributed by atoms with E-state index in [1.807, 2.05) is 12.1 Å². The molecule has 1 aliphatic heterocycles. The van der Waals surface area contributed by atoms with E-state index in [1.54, 1.807) is 6.26 Å². The van der Waals surface area contributed by atoms with Crippen LogP contribution in [0.4, 0.5) is 0 Å². The van der Waals surface area contributed by atoms with Crippen LogP contribution >= 0.6 is 0 Å². The summed E-state index contributed by atoms with van der Waals surface area (Å²) in [5.41, 5.74) is 1.54. The number of ether oxygens (including phenoxy) is 1. The highest BCUT2D eigenvalue weighted by atomic mass is 32.2. The van der Waals surface area contributed by atoms with E-state index in [4.69, 9.17) is 4.74 Å². The first-order valence-electron chi connectivity index (χ1n) is 8.62. The summed E-state index contributed by atoms with van der Waals surface area (Å²) in [6.45, 7) is 9.76. The summed E-state index contributed by atoms with van der Waals surface area (Å²) in [7, 11) is -0.903. The van der Waals surface area contributed by atoms with Crippen molar-refractivity contribution in [3.8, 4) is 0 Å². The summed E-state index contributed by atoms with van der Waals surface area (Å²) in [4.78, 5) is 0.890. The lowest BCUT2D eigenvalue weighted by Gasteiger charge is -2.33. The van der Waals surface area contributed by atoms with Gasteiger partial charge >= 0.3 is 0 Å². The topological polar surface area (TPSA) is 38.3 Å². The zero-order valence-corrected chi connectivity index (χ0v) is 15.7. The Bertz CT molecular complexity index is 507. The molecule has 1 saturated heterocycles. The fourth-order valence-corrected chi connectivity index (χ4v) is 3.82. The van der Waals surface area contributed by atoms with Gasteiger partial charge < -0.3 is 10.1 Å². The largest absolute Gasteiger partial charge is 0.381 e. The van der Waals surface area contributed by atoms with Gasteiger partial charge in [0.25, 0.3) is 0 Å². The van der Waals surface area contributed by atoms with Crippen molar-refractivity contribution in [3.63, 3.8) is 0 Å². The highest BCUT2D eigenvalue weighted by Gasteiger charge is 2.25. The molecule has 0 unspecified atom stereocenters. The van der Waals surface area contributed by atoms with Crippen LogP contribution in [0.25, 0.3) is 0 Å². The molecule has 4 heteroatoms. The summed E-state index contributed by atoms with van der Waals surface area (Å²) in [5.74, 6) is 0.801. The normalized spacial score (nSPS) is 19.5. The Morgan fingerprint density at radius 1 is 1.26 bits per heavy atom. The van der Waals surface area contributed by atoms with Crippen molar-refractivity contribution in [1.82, 2.24) is 5.32 Å². The Morgan fingerprint density at radius 2 is 1.87 bits per heavy atom. The molecule has 1 N–H and O–H groups in total. The van der Waals surface area contributed by atoms with E-state index in [0.717, 1.165) is 30.6 Å². The molecule has 0 bridgehead atoms. The zero-order valence-electron chi connectivity index (χ0n) is 14.9. The highest BCUT2D eigenvalue weighted by molar-refractivity contribution is 7.84. The molecule has 0 radical (unpaired) electrons. The summed E-state index contributed by atoms with van der Waals surface area (Å²) in [6.07, 6.45) is 5.38. The number of nitrogens with one attached hydrogen (secondary N) is 1. The molecule has 1 aromatic carbocycles. The Labute approximate surface area is 143 Å². The lowest BCUT2D eigenvalue weighted by molar-refractivity contribution is 0.0509. The average molecular weight is 338 g/mol. The summed E-state index contributed by atoms with van der Waals surface area (Å²) in [5, 5.41) is 3.67. The molecule has 2 atom stereocenters. The second-order valence-electron chi connectivity index (χ2n) is 7.55. The van der Waals surface area contributed by atoms with Crippen molar-refractivity contribution >= 4 is 10.8 Å². The van der Waals surface area contributed by atoms with Gasteiger partial charge in [-0.2, -0.15) is 0 Å². The molecule has 0 aromatic heterocycles. The third-order valence-electron chi connectivity index (χ3n) is 4.78. The molecule has 1 heterocycles. The van der Waals surface area contributed by atoms with Gasteiger partial charge in [-0.1, -0.05) is 26.0 Å². The Morgan fingerprint density at radius 3 is 2.43 bits per heavy atom. The van der Waals surface area contributed by atoms with Crippen molar-refractivity contribution in [2.45, 2.75) is 51.0 Å². The van der Waals surface area contributed by atoms with E-state index >= 15 is 0 Å². The fraction of sp³-hybridized carbons (Fsp3) is 0.684. The van der Waals surface area contributed by atoms with Gasteiger partial charge in [0.05, 0.1) is 0 Å². The maximum Gasteiger partial charge on any atom is 0.0498 e. The molecule has 3 nitrogen and oxygen atoms in total. The molecule has 0 aliphatic carbocycles. The number of hydrogen-bond acceptors (Lipinski definition) is 3. The molecule has 130 valence electrons. The second-order valence-corrected chi connectivity index (χ2v) is 8.93. The van der Waals surface area contributed by atoms with Crippen molar-refractivity contribution in [2.75, 3.05) is 26.0 Å². The van der Waals surface area contributed by atoms with Crippen molar-refractivity contribution in [1.29, 1.82) is 0 Å². The molecule has 0 spiro atoms. The second kappa shape index (κ2) is 8.41. The molecule has 0 saturated carbocycles. The molecule has 2 rings (SSSR count). The summed E-state index contributed by atoms with van der Waals surface area (Å²) >= 11 is 0. The van der Waals surface area contributed by atoms with Crippen LogP contribution in [0, 0.1) is 11.3 Å². The number of hydrogen-bond donors (Lipinski definition) is 1. The van der Waals surface area contributed by atoms with Crippen LogP contribution in [0.5, 0.6) is 0 Å². The minimum Gasteiger partial charge on any atom is -0.381 e. The van der Waals surface area contributed by atoms with Crippen LogP contribution in [0.3, 0.4) is 0 Å². The van der Waals surface area contributed by atoms with Gasteiger partial charge in [0.2, 0.25) is 0 Å². The predicted octanol–water partition coefficient (Wildman–Crippen LogP) is 3.92. The van der Waals surface area contributed by atoms with Crippen LogP contribution in [-0.2, 0) is 15.5 Å². The van der Waals surface area contributed by atoms with Gasteiger partial charge in [-0.25, -0.2) is 0 Å². The quantitative estimate of drug-likeness (QED) is 0.819. The SMILES string of the molecule is C[C@H](NCC(C)(C)CC1CCOCC1)c1ccc([S@](C)=O)cc1. The van der Waals surface area contributed by atoms with Gasteiger partial charge in [0, 0.05) is 47.8 Å². The fourth-order valence-electron chi connectivity index (χ4n) is 3.30. The van der Waals surface area contributed by atoms with Crippen LogP contribution in [0.15, 0.2) is 29.2 Å². The van der Waals surface area contributed by atoms with Crippen molar-refractivity contribution in [3.05, 3.63) is 29.8 Å². The standard InChI is InChI=1S/C19H31NO2S/c1-15(17-5-7-18(8-6-17)23(4)21)20-14-19(2,3)13-16-9-11-22-12-10-16/h5-8,15-16,20H,9-14H2,1-4H3/t15-,23-/m0/s1. The molecule has 23 heavy (non-hydrogen) atoms. The first-order chi connectivity index (χ1) is 10.9. The minimum atomic E-state index is -0.903. The Kier molecular flexibility index (Phi) is 6.81. The maximum absolute atomic E-state index is 11.5. The van der Waals surface area contributed by atoms with E-state index in [2.05, 4.69) is 38.2 Å². The molecule has 1 aromatic rings. The van der Waals surface area contributed by atoms with Gasteiger partial charge in [0.1, 0.15) is 0 Å². The Balaban J connectivity index is 1.84. The summed E-state index contributed by atoms with van der Waals surface area (Å²) < 4.78 is 16.9. The predicted molar refractivity (Wildman–Crippen MR) is 97.1 cm³/mol. The van der Waals surface area contributed by atoms with E-state index in [1.165, 1.54) is 24.8 Å². The molecular formula is C19H31NO2S. The summed E-state index contributed by atoms with van der Waals surface area (Å²) in [6, 6.07) is 8.41. The van der Waals surface area contributed by atoms with Crippen LogP contribution < -0.4 is 5.32 Å². The first-order valence-corrected chi connectivity index (χ1v) is 10.2. The monoisotopic (exact) mass is 337 g/mol. The minimum absolute atomic E-state index is 0.293. The van der Waals surface area contributed by atoms with Crippen molar-refractivity contribution < 1.29 is 8.95 Å². The smallest absolute Gasteiger partial charge is 0.0498 e. The molecular weight excluding hydrogens is 306 g/mol. The molecule has 0 amide bonds. The van der Waals surface area contributed by atoms with E-state index in [0.29, 0.717) is 11.5 Å². The lowest BCUT2D eigenvalue weighted by Crippen LogP contribution is -2.34. The average Bonchev–Trinajstić information content (AvgIpc) is 2.53. The third-order valence-corrected chi connectivity index (χ3v) is 5.72. The first kappa shape index (κ1) is 18.6. The zero-order chi connectivity index (χ0) is 16.9. The highest BCUT2D eigenvalue weighted by Crippen LogP contribution is 2.31. The maximum atomic E-state index is 11.5. The van der Waals surface area contributed by atoms with Gasteiger partial charge in [-0.05, 0) is 55.2 Å². The van der Waals surface area contributed by atoms with Crippen LogP contribution in [-0.4, -0.2) is 30.2 Å². The van der Waals surface area contributed by atoms with Crippen molar-refractivity contribution in [2.24, 2.45) is 11.3 Å². The van der Waals surface area contributed by atoms with Crippen LogP contribution in [0.2, 0.25) is 0 Å². The lowest BCUT2D eigenvalue weighted by atomic mass is 9.79. The third kappa shape index (κ3) is 6.02. The van der Waals surface area contributed by atoms with Gasteiger partial charge in [-0.15, -0.1) is 0 Å². The molecule has 1 fully saturated rings. The number of benzene rings is 1. The Hall–Kier alpha value is -0.710. The van der Waals surface area contributed by atoms with Gasteiger partial charge in [-0.3, -0.25) is 4.21 Å². The molecule has 1 aliphatic rings. The van der Waals surface area contributed by atoms with E-state index in [9.17, 15) is 4.21 Å². The van der Waals surface area contributed by atoms with E-state index < -0.39 is 10.8 Å². The van der Waals surface area contributed by atoms with Crippen LogP contribution in [0.1, 0.15) is 51.6 Å². The van der Waals surface area contributed by atoms with Gasteiger partial charge in [0.15, 0.2) is 0 Å².